The van der Waals surface area contributed by atoms with Crippen LogP contribution in [0.2, 0.25) is 0 Å². The van der Waals surface area contributed by atoms with Crippen LogP contribution in [0.5, 0.6) is 5.06 Å². The van der Waals surface area contributed by atoms with Gasteiger partial charge in [0.25, 0.3) is 0 Å². The highest BCUT2D eigenvalue weighted by Gasteiger charge is 2.06. The van der Waals surface area contributed by atoms with Gasteiger partial charge in [0.1, 0.15) is 5.82 Å². The summed E-state index contributed by atoms with van der Waals surface area (Å²) in [5, 5.41) is 1.94. The minimum absolute atomic E-state index is 0.181. The quantitative estimate of drug-likeness (QED) is 0.733. The van der Waals surface area contributed by atoms with E-state index in [0.717, 1.165) is 20.7 Å². The van der Waals surface area contributed by atoms with E-state index in [4.69, 9.17) is 4.74 Å². The monoisotopic (exact) mass is 210 g/mol. The maximum absolute atomic E-state index is 13.1. The minimum atomic E-state index is -0.181. The molecule has 0 fully saturated rings. The molecular weight excluding hydrogens is 199 g/mol. The van der Waals surface area contributed by atoms with Gasteiger partial charge in [-0.15, -0.1) is 0 Å². The molecule has 1 nitrogen and oxygen atoms in total. The molecule has 0 aliphatic heterocycles. The van der Waals surface area contributed by atoms with Gasteiger partial charge in [0.2, 0.25) is 0 Å². The Hall–Kier alpha value is -1.09. The van der Waals surface area contributed by atoms with E-state index in [1.54, 1.807) is 12.1 Å². The smallest absolute Gasteiger partial charge is 0.174 e. The summed E-state index contributed by atoms with van der Waals surface area (Å²) in [4.78, 5) is 0. The fraction of sp³-hybridized carbons (Fsp3) is 0.273. The van der Waals surface area contributed by atoms with Crippen molar-refractivity contribution in [1.29, 1.82) is 0 Å². The van der Waals surface area contributed by atoms with Crippen LogP contribution in [0.25, 0.3) is 10.1 Å². The van der Waals surface area contributed by atoms with Crippen LogP contribution in [0.4, 0.5) is 4.39 Å². The summed E-state index contributed by atoms with van der Waals surface area (Å²) in [5.74, 6) is -0.181. The predicted molar refractivity (Wildman–Crippen MR) is 57.7 cm³/mol. The maximum atomic E-state index is 13.1. The molecule has 0 amide bonds. The van der Waals surface area contributed by atoms with Gasteiger partial charge in [-0.2, -0.15) is 0 Å². The first-order valence-electron chi connectivity index (χ1n) is 4.53. The zero-order valence-electron chi connectivity index (χ0n) is 8.13. The number of halogens is 1. The van der Waals surface area contributed by atoms with Gasteiger partial charge in [-0.3, -0.25) is 0 Å². The van der Waals surface area contributed by atoms with Crippen molar-refractivity contribution in [3.05, 3.63) is 29.6 Å². The van der Waals surface area contributed by atoms with Crippen LogP contribution in [-0.2, 0) is 0 Å². The average Bonchev–Trinajstić information content (AvgIpc) is 2.48. The Balaban J connectivity index is 2.58. The molecule has 0 atom stereocenters. The summed E-state index contributed by atoms with van der Waals surface area (Å²) in [7, 11) is 0. The largest absolute Gasteiger partial charge is 0.484 e. The van der Waals surface area contributed by atoms with Crippen LogP contribution in [0.3, 0.4) is 0 Å². The second-order valence-corrected chi connectivity index (χ2v) is 4.18. The first-order valence-corrected chi connectivity index (χ1v) is 5.35. The molecule has 2 rings (SSSR count). The number of hydrogen-bond donors (Lipinski definition) is 0. The molecule has 0 saturated carbocycles. The third-order valence-electron chi connectivity index (χ3n) is 2.07. The summed E-state index contributed by atoms with van der Waals surface area (Å²) < 4.78 is 19.4. The van der Waals surface area contributed by atoms with E-state index in [1.165, 1.54) is 11.3 Å². The van der Waals surface area contributed by atoms with Gasteiger partial charge in [0.15, 0.2) is 5.06 Å². The Kier molecular flexibility index (Phi) is 2.42. The van der Waals surface area contributed by atoms with Crippen molar-refractivity contribution >= 4 is 21.4 Å². The summed E-state index contributed by atoms with van der Waals surface area (Å²) in [5.41, 5.74) is 0.960. The van der Waals surface area contributed by atoms with Gasteiger partial charge >= 0.3 is 0 Å². The molecule has 74 valence electrons. The Morgan fingerprint density at radius 1 is 1.36 bits per heavy atom. The van der Waals surface area contributed by atoms with Gasteiger partial charge in [-0.25, -0.2) is 4.39 Å². The fourth-order valence-electron chi connectivity index (χ4n) is 1.46. The van der Waals surface area contributed by atoms with Crippen molar-refractivity contribution in [2.75, 3.05) is 6.61 Å². The lowest BCUT2D eigenvalue weighted by molar-refractivity contribution is 0.350. The molecule has 0 aliphatic carbocycles. The van der Waals surface area contributed by atoms with E-state index >= 15 is 0 Å². The summed E-state index contributed by atoms with van der Waals surface area (Å²) >= 11 is 1.49. The number of fused-ring (bicyclic) bond motifs is 1. The molecule has 0 aliphatic rings. The molecule has 0 unspecified atom stereocenters. The Morgan fingerprint density at radius 2 is 2.14 bits per heavy atom. The van der Waals surface area contributed by atoms with Crippen molar-refractivity contribution < 1.29 is 9.13 Å². The van der Waals surface area contributed by atoms with E-state index in [2.05, 4.69) is 0 Å². The highest BCUT2D eigenvalue weighted by Crippen LogP contribution is 2.34. The first-order chi connectivity index (χ1) is 6.70. The van der Waals surface area contributed by atoms with Crippen LogP contribution in [0.1, 0.15) is 12.5 Å². The molecule has 1 aromatic carbocycles. The van der Waals surface area contributed by atoms with Crippen molar-refractivity contribution in [1.82, 2.24) is 0 Å². The third kappa shape index (κ3) is 1.60. The minimum Gasteiger partial charge on any atom is -0.484 e. The number of rotatable bonds is 2. The molecule has 0 saturated heterocycles. The van der Waals surface area contributed by atoms with E-state index in [9.17, 15) is 4.39 Å². The SMILES string of the molecule is CCOc1cc2c(C)cc(F)cc2s1. The molecule has 1 aromatic heterocycles. The lowest BCUT2D eigenvalue weighted by atomic mass is 10.1. The highest BCUT2D eigenvalue weighted by molar-refractivity contribution is 7.20. The van der Waals surface area contributed by atoms with Gasteiger partial charge in [0.05, 0.1) is 6.61 Å². The standard InChI is InChI=1S/C11H11FOS/c1-3-13-11-6-9-7(2)4-8(12)5-10(9)14-11/h4-6H,3H2,1-2H3. The molecule has 0 bridgehead atoms. The molecule has 1 heterocycles. The number of ether oxygens (including phenoxy) is 1. The second-order valence-electron chi connectivity index (χ2n) is 3.13. The summed E-state index contributed by atoms with van der Waals surface area (Å²) in [6.07, 6.45) is 0. The number of thiophene rings is 1. The van der Waals surface area contributed by atoms with Crippen molar-refractivity contribution in [3.8, 4) is 5.06 Å². The lowest BCUT2D eigenvalue weighted by Crippen LogP contribution is -1.86. The van der Waals surface area contributed by atoms with Gasteiger partial charge in [-0.1, -0.05) is 11.3 Å². The maximum Gasteiger partial charge on any atom is 0.174 e. The Bertz CT molecular complexity index is 462. The van der Waals surface area contributed by atoms with E-state index in [1.807, 2.05) is 19.9 Å². The third-order valence-corrected chi connectivity index (χ3v) is 3.07. The number of aryl methyl sites for hydroxylation is 1. The number of hydrogen-bond acceptors (Lipinski definition) is 2. The molecule has 0 spiro atoms. The topological polar surface area (TPSA) is 9.23 Å². The van der Waals surface area contributed by atoms with Crippen LogP contribution >= 0.6 is 11.3 Å². The molecule has 3 heteroatoms. The molecule has 14 heavy (non-hydrogen) atoms. The zero-order valence-corrected chi connectivity index (χ0v) is 8.95. The Morgan fingerprint density at radius 3 is 2.86 bits per heavy atom. The van der Waals surface area contributed by atoms with Crippen molar-refractivity contribution in [3.63, 3.8) is 0 Å². The van der Waals surface area contributed by atoms with Crippen LogP contribution < -0.4 is 4.74 Å². The normalized spacial score (nSPS) is 10.8. The fourth-order valence-corrected chi connectivity index (χ4v) is 2.53. The van der Waals surface area contributed by atoms with Gasteiger partial charge in [-0.05, 0) is 43.0 Å². The summed E-state index contributed by atoms with van der Waals surface area (Å²) in [6.45, 7) is 4.50. The second kappa shape index (κ2) is 3.58. The van der Waals surface area contributed by atoms with Crippen molar-refractivity contribution in [2.45, 2.75) is 13.8 Å². The first kappa shape index (κ1) is 9.46. The van der Waals surface area contributed by atoms with Crippen LogP contribution in [-0.4, -0.2) is 6.61 Å². The average molecular weight is 210 g/mol. The predicted octanol–water partition coefficient (Wildman–Crippen LogP) is 3.75. The van der Waals surface area contributed by atoms with Crippen LogP contribution in [0, 0.1) is 12.7 Å². The van der Waals surface area contributed by atoms with E-state index in [-0.39, 0.29) is 5.82 Å². The molecule has 2 aromatic rings. The van der Waals surface area contributed by atoms with E-state index < -0.39 is 0 Å². The van der Waals surface area contributed by atoms with E-state index in [0.29, 0.717) is 6.61 Å². The van der Waals surface area contributed by atoms with Gasteiger partial charge in [0, 0.05) is 4.70 Å². The Labute approximate surface area is 86.1 Å². The molecule has 0 N–H and O–H groups in total. The highest BCUT2D eigenvalue weighted by atomic mass is 32.1. The van der Waals surface area contributed by atoms with Crippen LogP contribution in [0.15, 0.2) is 18.2 Å². The number of benzene rings is 1. The van der Waals surface area contributed by atoms with Gasteiger partial charge < -0.3 is 4.74 Å². The zero-order chi connectivity index (χ0) is 10.1. The summed E-state index contributed by atoms with van der Waals surface area (Å²) in [6, 6.07) is 5.07. The lowest BCUT2D eigenvalue weighted by Gasteiger charge is -1.94. The van der Waals surface area contributed by atoms with Crippen molar-refractivity contribution in [2.24, 2.45) is 0 Å². The molecule has 0 radical (unpaired) electrons. The molecular formula is C11H11FOS.